The third-order valence-corrected chi connectivity index (χ3v) is 3.50. The molecule has 3 N–H and O–H groups in total. The average Bonchev–Trinajstić information content (AvgIpc) is 2.50. The predicted molar refractivity (Wildman–Crippen MR) is 83.9 cm³/mol. The topological polar surface area (TPSA) is 67.8 Å². The van der Waals surface area contributed by atoms with Crippen molar-refractivity contribution in [3.8, 4) is 0 Å². The summed E-state index contributed by atoms with van der Waals surface area (Å²) in [6.45, 7) is 0.841. The Bertz CT molecular complexity index is 643. The Labute approximate surface area is 132 Å². The van der Waals surface area contributed by atoms with Crippen LogP contribution in [0.2, 0.25) is 10.0 Å². The lowest BCUT2D eigenvalue weighted by Crippen LogP contribution is -2.13. The van der Waals surface area contributed by atoms with E-state index >= 15 is 0 Å². The van der Waals surface area contributed by atoms with Gasteiger partial charge in [-0.05, 0) is 29.3 Å². The minimum Gasteiger partial charge on any atom is -0.409 e. The summed E-state index contributed by atoms with van der Waals surface area (Å²) in [6.07, 6.45) is 0. The number of amidine groups is 1. The van der Waals surface area contributed by atoms with Crippen molar-refractivity contribution >= 4 is 29.0 Å². The fourth-order valence-corrected chi connectivity index (χ4v) is 2.10. The Morgan fingerprint density at radius 1 is 1.10 bits per heavy atom. The van der Waals surface area contributed by atoms with E-state index in [1.54, 1.807) is 18.2 Å². The molecule has 0 amide bonds. The van der Waals surface area contributed by atoms with Gasteiger partial charge in [-0.3, -0.25) is 0 Å². The number of nitrogens with two attached hydrogens (primary N) is 1. The van der Waals surface area contributed by atoms with Crippen molar-refractivity contribution in [1.29, 1.82) is 0 Å². The lowest BCUT2D eigenvalue weighted by atomic mass is 10.1. The van der Waals surface area contributed by atoms with Crippen LogP contribution in [0.1, 0.15) is 16.7 Å². The molecule has 0 fully saturated rings. The van der Waals surface area contributed by atoms with Crippen LogP contribution < -0.4 is 5.73 Å². The summed E-state index contributed by atoms with van der Waals surface area (Å²) in [4.78, 5) is 0. The number of ether oxygens (including phenoxy) is 1. The van der Waals surface area contributed by atoms with Gasteiger partial charge in [0, 0.05) is 15.6 Å². The number of benzene rings is 2. The molecule has 0 saturated heterocycles. The first-order valence-corrected chi connectivity index (χ1v) is 6.94. The molecule has 0 unspecified atom stereocenters. The van der Waals surface area contributed by atoms with E-state index in [0.29, 0.717) is 28.8 Å². The fraction of sp³-hybridized carbons (Fsp3) is 0.133. The van der Waals surface area contributed by atoms with Crippen LogP contribution in [0.4, 0.5) is 0 Å². The maximum atomic E-state index is 8.62. The van der Waals surface area contributed by atoms with E-state index in [1.807, 2.05) is 24.3 Å². The maximum absolute atomic E-state index is 8.62. The molecule has 110 valence electrons. The van der Waals surface area contributed by atoms with Crippen molar-refractivity contribution in [2.24, 2.45) is 10.9 Å². The molecule has 0 radical (unpaired) electrons. The molecule has 0 aliphatic rings. The zero-order valence-corrected chi connectivity index (χ0v) is 12.6. The lowest BCUT2D eigenvalue weighted by molar-refractivity contribution is 0.107. The minimum absolute atomic E-state index is 0.0190. The van der Waals surface area contributed by atoms with Gasteiger partial charge in [-0.1, -0.05) is 52.6 Å². The molecule has 0 saturated carbocycles. The number of rotatable bonds is 5. The molecule has 0 spiro atoms. The van der Waals surface area contributed by atoms with E-state index in [9.17, 15) is 0 Å². The highest BCUT2D eigenvalue weighted by Gasteiger charge is 2.05. The van der Waals surface area contributed by atoms with Gasteiger partial charge in [0.25, 0.3) is 0 Å². The first kappa shape index (κ1) is 15.6. The summed E-state index contributed by atoms with van der Waals surface area (Å²) in [5, 5.41) is 12.8. The summed E-state index contributed by atoms with van der Waals surface area (Å²) in [7, 11) is 0. The molecule has 0 atom stereocenters. The van der Waals surface area contributed by atoms with Crippen LogP contribution in [-0.2, 0) is 18.0 Å². The minimum atomic E-state index is 0.0190. The molecular formula is C15H14Cl2N2O2. The third kappa shape index (κ3) is 4.36. The summed E-state index contributed by atoms with van der Waals surface area (Å²) in [5.41, 5.74) is 7.92. The second-order valence-electron chi connectivity index (χ2n) is 4.41. The Hall–Kier alpha value is -1.75. The number of oxime groups is 1. The van der Waals surface area contributed by atoms with E-state index < -0.39 is 0 Å². The van der Waals surface area contributed by atoms with Gasteiger partial charge in [0.15, 0.2) is 5.84 Å². The predicted octanol–water partition coefficient (Wildman–Crippen LogP) is 3.80. The van der Waals surface area contributed by atoms with E-state index in [0.717, 1.165) is 11.1 Å². The molecule has 6 heteroatoms. The molecule has 0 aromatic heterocycles. The zero-order chi connectivity index (χ0) is 15.2. The third-order valence-electron chi connectivity index (χ3n) is 2.90. The van der Waals surface area contributed by atoms with Gasteiger partial charge in [0.05, 0.1) is 13.2 Å². The summed E-state index contributed by atoms with van der Waals surface area (Å²) < 4.78 is 5.61. The van der Waals surface area contributed by atoms with Crippen molar-refractivity contribution in [3.63, 3.8) is 0 Å². The molecule has 2 aromatic carbocycles. The number of hydrogen-bond acceptors (Lipinski definition) is 3. The van der Waals surface area contributed by atoms with Crippen molar-refractivity contribution in [3.05, 3.63) is 69.2 Å². The highest BCUT2D eigenvalue weighted by Crippen LogP contribution is 2.19. The van der Waals surface area contributed by atoms with Crippen molar-refractivity contribution in [2.75, 3.05) is 0 Å². The van der Waals surface area contributed by atoms with Gasteiger partial charge in [-0.15, -0.1) is 0 Å². The van der Waals surface area contributed by atoms with Crippen molar-refractivity contribution < 1.29 is 9.94 Å². The van der Waals surface area contributed by atoms with Gasteiger partial charge < -0.3 is 15.7 Å². The molecule has 2 aromatic rings. The highest BCUT2D eigenvalue weighted by molar-refractivity contribution is 6.31. The summed E-state index contributed by atoms with van der Waals surface area (Å²) in [6, 6.07) is 12.6. The largest absolute Gasteiger partial charge is 0.409 e. The molecule has 2 rings (SSSR count). The summed E-state index contributed by atoms with van der Waals surface area (Å²) in [5.74, 6) is 0.0190. The normalized spacial score (nSPS) is 11.6. The number of nitrogens with zero attached hydrogens (tertiary/aromatic N) is 1. The van der Waals surface area contributed by atoms with Gasteiger partial charge in [0.1, 0.15) is 0 Å². The molecule has 0 aliphatic carbocycles. The fourth-order valence-electron chi connectivity index (χ4n) is 1.74. The SMILES string of the molecule is N/C(=N/O)c1ccc(COCc2ccc(Cl)cc2)c(Cl)c1. The van der Waals surface area contributed by atoms with Gasteiger partial charge in [0.2, 0.25) is 0 Å². The number of halogens is 2. The van der Waals surface area contributed by atoms with E-state index in [1.165, 1.54) is 0 Å². The first-order chi connectivity index (χ1) is 10.1. The Morgan fingerprint density at radius 3 is 2.43 bits per heavy atom. The van der Waals surface area contributed by atoms with Crippen LogP contribution in [0.5, 0.6) is 0 Å². The van der Waals surface area contributed by atoms with E-state index in [-0.39, 0.29) is 5.84 Å². The van der Waals surface area contributed by atoms with Gasteiger partial charge in [-0.25, -0.2) is 0 Å². The second-order valence-corrected chi connectivity index (χ2v) is 5.25. The van der Waals surface area contributed by atoms with E-state index in [2.05, 4.69) is 5.16 Å². The number of hydrogen-bond donors (Lipinski definition) is 2. The van der Waals surface area contributed by atoms with Crippen LogP contribution in [0.25, 0.3) is 0 Å². The Kier molecular flexibility index (Phi) is 5.44. The molecule has 21 heavy (non-hydrogen) atoms. The first-order valence-electron chi connectivity index (χ1n) is 6.18. The van der Waals surface area contributed by atoms with Gasteiger partial charge >= 0.3 is 0 Å². The smallest absolute Gasteiger partial charge is 0.170 e. The second kappa shape index (κ2) is 7.31. The molecule has 0 aliphatic heterocycles. The Balaban J connectivity index is 1.96. The van der Waals surface area contributed by atoms with Crippen molar-refractivity contribution in [2.45, 2.75) is 13.2 Å². The summed E-state index contributed by atoms with van der Waals surface area (Å²) >= 11 is 12.0. The van der Waals surface area contributed by atoms with Crippen LogP contribution in [0, 0.1) is 0 Å². The quantitative estimate of drug-likeness (QED) is 0.380. The maximum Gasteiger partial charge on any atom is 0.170 e. The lowest BCUT2D eigenvalue weighted by Gasteiger charge is -2.08. The Morgan fingerprint density at radius 2 is 1.81 bits per heavy atom. The molecule has 4 nitrogen and oxygen atoms in total. The zero-order valence-electron chi connectivity index (χ0n) is 11.1. The molecule has 0 heterocycles. The highest BCUT2D eigenvalue weighted by atomic mass is 35.5. The van der Waals surface area contributed by atoms with Crippen molar-refractivity contribution in [1.82, 2.24) is 0 Å². The standard InChI is InChI=1S/C15H14Cl2N2O2/c16-13-5-1-10(2-6-13)8-21-9-12-4-3-11(7-14(12)17)15(18)19-20/h1-7,20H,8-9H2,(H2,18,19). The molecule has 0 bridgehead atoms. The van der Waals surface area contributed by atoms with E-state index in [4.69, 9.17) is 38.9 Å². The average molecular weight is 325 g/mol. The van der Waals surface area contributed by atoms with Crippen LogP contribution in [-0.4, -0.2) is 11.0 Å². The monoisotopic (exact) mass is 324 g/mol. The van der Waals surface area contributed by atoms with Gasteiger partial charge in [-0.2, -0.15) is 0 Å². The van der Waals surface area contributed by atoms with Crippen LogP contribution in [0.15, 0.2) is 47.6 Å². The van der Waals surface area contributed by atoms with Crippen LogP contribution in [0.3, 0.4) is 0 Å². The van der Waals surface area contributed by atoms with Crippen LogP contribution >= 0.6 is 23.2 Å². The molecular weight excluding hydrogens is 311 g/mol.